The first-order valence-electron chi connectivity index (χ1n) is 11.0. The highest BCUT2D eigenvalue weighted by atomic mass is 127. The quantitative estimate of drug-likeness (QED) is 0.358. The van der Waals surface area contributed by atoms with Gasteiger partial charge in [0.2, 0.25) is 0 Å². The Morgan fingerprint density at radius 3 is 2.68 bits per heavy atom. The number of aromatic nitrogens is 2. The van der Waals surface area contributed by atoms with Gasteiger partial charge in [-0.3, -0.25) is 9.79 Å². The molecule has 1 atom stereocenters. The number of nitrogens with zero attached hydrogens (tertiary/aromatic N) is 5. The normalized spacial score (nSPS) is 19.5. The van der Waals surface area contributed by atoms with Crippen LogP contribution in [0, 0.1) is 6.92 Å². The van der Waals surface area contributed by atoms with Crippen molar-refractivity contribution in [2.45, 2.75) is 39.3 Å². The maximum absolute atomic E-state index is 12.6. The number of hydrogen-bond donors (Lipinski definition) is 1. The van der Waals surface area contributed by atoms with Gasteiger partial charge in [0, 0.05) is 45.9 Å². The van der Waals surface area contributed by atoms with E-state index in [1.54, 1.807) is 0 Å². The molecule has 0 aliphatic carbocycles. The van der Waals surface area contributed by atoms with E-state index in [4.69, 9.17) is 9.73 Å². The standard InChI is InChI=1S/C22H32N6O2.HI/c1-3-23-22(24-10-11-28-17(2)25-18-7-4-5-8-19(18)28)27-14-12-26(13-15-27)21(29)20-9-6-16-30-20;/h4-5,7-8,20H,3,6,9-16H2,1-2H3,(H,23,24);1H. The third-order valence-corrected chi connectivity index (χ3v) is 5.86. The largest absolute Gasteiger partial charge is 0.368 e. The van der Waals surface area contributed by atoms with E-state index < -0.39 is 0 Å². The van der Waals surface area contributed by atoms with Crippen LogP contribution >= 0.6 is 24.0 Å². The van der Waals surface area contributed by atoms with Crippen molar-refractivity contribution in [1.82, 2.24) is 24.7 Å². The zero-order valence-electron chi connectivity index (χ0n) is 18.4. The Bertz CT molecular complexity index is 901. The third kappa shape index (κ3) is 5.49. The minimum absolute atomic E-state index is 0. The SMILES string of the molecule is CCNC(=NCCn1c(C)nc2ccccc21)N1CCN(C(=O)C2CCCO2)CC1.I. The Kier molecular flexibility index (Phi) is 8.53. The number of ether oxygens (including phenoxy) is 1. The molecule has 3 heterocycles. The second-order valence-electron chi connectivity index (χ2n) is 7.85. The first-order chi connectivity index (χ1) is 14.7. The van der Waals surface area contributed by atoms with Crippen LogP contribution in [0.5, 0.6) is 0 Å². The van der Waals surface area contributed by atoms with Gasteiger partial charge in [-0.1, -0.05) is 12.1 Å². The molecule has 0 bridgehead atoms. The molecule has 8 nitrogen and oxygen atoms in total. The van der Waals surface area contributed by atoms with Gasteiger partial charge < -0.3 is 24.4 Å². The lowest BCUT2D eigenvalue weighted by Crippen LogP contribution is -2.55. The van der Waals surface area contributed by atoms with E-state index in [9.17, 15) is 4.79 Å². The Morgan fingerprint density at radius 2 is 1.97 bits per heavy atom. The number of amides is 1. The second-order valence-corrected chi connectivity index (χ2v) is 7.85. The van der Waals surface area contributed by atoms with Crippen LogP contribution in [0.1, 0.15) is 25.6 Å². The van der Waals surface area contributed by atoms with Gasteiger partial charge in [0.1, 0.15) is 11.9 Å². The van der Waals surface area contributed by atoms with Crippen LogP contribution in [-0.4, -0.2) is 83.2 Å². The lowest BCUT2D eigenvalue weighted by Gasteiger charge is -2.37. The molecule has 1 aromatic carbocycles. The first kappa shape index (κ1) is 23.8. The van der Waals surface area contributed by atoms with Crippen molar-refractivity contribution >= 4 is 46.9 Å². The summed E-state index contributed by atoms with van der Waals surface area (Å²) >= 11 is 0. The number of imidazole rings is 1. The number of benzene rings is 1. The molecule has 0 radical (unpaired) electrons. The minimum atomic E-state index is -0.230. The van der Waals surface area contributed by atoms with Crippen molar-refractivity contribution in [3.05, 3.63) is 30.1 Å². The molecule has 1 aromatic heterocycles. The number of carbonyl (C=O) groups excluding carboxylic acids is 1. The van der Waals surface area contributed by atoms with Gasteiger partial charge in [0.15, 0.2) is 5.96 Å². The summed E-state index contributed by atoms with van der Waals surface area (Å²) in [5.41, 5.74) is 2.18. The highest BCUT2D eigenvalue weighted by molar-refractivity contribution is 14.0. The maximum atomic E-state index is 12.6. The number of aryl methyl sites for hydroxylation is 1. The number of aliphatic imine (C=N–C) groups is 1. The van der Waals surface area contributed by atoms with Gasteiger partial charge in [0.25, 0.3) is 5.91 Å². The number of carbonyl (C=O) groups is 1. The van der Waals surface area contributed by atoms with E-state index in [0.717, 1.165) is 61.8 Å². The highest BCUT2D eigenvalue weighted by Crippen LogP contribution is 2.17. The van der Waals surface area contributed by atoms with E-state index in [2.05, 4.69) is 32.8 Å². The summed E-state index contributed by atoms with van der Waals surface area (Å²) in [6.45, 7) is 10.1. The number of piperazine rings is 1. The second kappa shape index (κ2) is 11.1. The average Bonchev–Trinajstić information content (AvgIpc) is 3.41. The van der Waals surface area contributed by atoms with Crippen molar-refractivity contribution in [3.8, 4) is 0 Å². The molecule has 0 saturated carbocycles. The van der Waals surface area contributed by atoms with Crippen molar-refractivity contribution in [2.24, 2.45) is 4.99 Å². The average molecular weight is 540 g/mol. The Morgan fingerprint density at radius 1 is 1.23 bits per heavy atom. The van der Waals surface area contributed by atoms with Crippen LogP contribution in [0.2, 0.25) is 0 Å². The molecule has 0 spiro atoms. The lowest BCUT2D eigenvalue weighted by molar-refractivity contribution is -0.142. The van der Waals surface area contributed by atoms with Crippen LogP contribution in [0.4, 0.5) is 0 Å². The van der Waals surface area contributed by atoms with E-state index >= 15 is 0 Å². The summed E-state index contributed by atoms with van der Waals surface area (Å²) in [6, 6.07) is 8.21. The van der Waals surface area contributed by atoms with E-state index in [0.29, 0.717) is 26.2 Å². The van der Waals surface area contributed by atoms with Crippen molar-refractivity contribution in [3.63, 3.8) is 0 Å². The molecule has 9 heteroatoms. The number of para-hydroxylation sites is 2. The van der Waals surface area contributed by atoms with Gasteiger partial charge in [-0.25, -0.2) is 4.98 Å². The fourth-order valence-corrected chi connectivity index (χ4v) is 4.27. The molecule has 2 fully saturated rings. The van der Waals surface area contributed by atoms with Gasteiger partial charge in [-0.15, -0.1) is 24.0 Å². The topological polar surface area (TPSA) is 75.0 Å². The van der Waals surface area contributed by atoms with Crippen molar-refractivity contribution in [2.75, 3.05) is 45.9 Å². The van der Waals surface area contributed by atoms with Gasteiger partial charge in [-0.2, -0.15) is 0 Å². The predicted octanol–water partition coefficient (Wildman–Crippen LogP) is 2.25. The summed E-state index contributed by atoms with van der Waals surface area (Å²) in [5.74, 6) is 2.08. The van der Waals surface area contributed by atoms with Crippen LogP contribution in [-0.2, 0) is 16.1 Å². The number of fused-ring (bicyclic) bond motifs is 1. The fourth-order valence-electron chi connectivity index (χ4n) is 4.27. The molecule has 1 N–H and O–H groups in total. The molecule has 1 amide bonds. The summed E-state index contributed by atoms with van der Waals surface area (Å²) in [4.78, 5) is 26.3. The fraction of sp³-hybridized carbons (Fsp3) is 0.591. The third-order valence-electron chi connectivity index (χ3n) is 5.86. The molecule has 2 saturated heterocycles. The number of rotatable bonds is 5. The first-order valence-corrected chi connectivity index (χ1v) is 11.0. The van der Waals surface area contributed by atoms with Crippen LogP contribution < -0.4 is 5.32 Å². The summed E-state index contributed by atoms with van der Waals surface area (Å²) in [6.07, 6.45) is 1.61. The van der Waals surface area contributed by atoms with Gasteiger partial charge in [-0.05, 0) is 38.8 Å². The smallest absolute Gasteiger partial charge is 0.251 e. The van der Waals surface area contributed by atoms with Gasteiger partial charge >= 0.3 is 0 Å². The van der Waals surface area contributed by atoms with Crippen molar-refractivity contribution < 1.29 is 9.53 Å². The zero-order valence-corrected chi connectivity index (χ0v) is 20.7. The highest BCUT2D eigenvalue weighted by Gasteiger charge is 2.30. The molecule has 4 rings (SSSR count). The van der Waals surface area contributed by atoms with Crippen molar-refractivity contribution in [1.29, 1.82) is 0 Å². The van der Waals surface area contributed by atoms with Crippen LogP contribution in [0.3, 0.4) is 0 Å². The molecule has 1 unspecified atom stereocenters. The molecule has 31 heavy (non-hydrogen) atoms. The maximum Gasteiger partial charge on any atom is 0.251 e. The van der Waals surface area contributed by atoms with E-state index in [-0.39, 0.29) is 36.0 Å². The zero-order chi connectivity index (χ0) is 20.9. The Hall–Kier alpha value is -1.88. The molecule has 2 aliphatic rings. The number of guanidine groups is 1. The monoisotopic (exact) mass is 540 g/mol. The Labute approximate surface area is 201 Å². The van der Waals surface area contributed by atoms with Crippen LogP contribution in [0.15, 0.2) is 29.3 Å². The number of halogens is 1. The number of nitrogens with one attached hydrogen (secondary N) is 1. The van der Waals surface area contributed by atoms with Crippen LogP contribution in [0.25, 0.3) is 11.0 Å². The summed E-state index contributed by atoms with van der Waals surface area (Å²) in [5, 5.41) is 3.41. The lowest BCUT2D eigenvalue weighted by atomic mass is 10.2. The summed E-state index contributed by atoms with van der Waals surface area (Å²) in [7, 11) is 0. The molecular formula is C22H33IN6O2. The minimum Gasteiger partial charge on any atom is -0.368 e. The van der Waals surface area contributed by atoms with E-state index in [1.165, 1.54) is 0 Å². The van der Waals surface area contributed by atoms with E-state index in [1.807, 2.05) is 30.0 Å². The summed E-state index contributed by atoms with van der Waals surface area (Å²) < 4.78 is 7.78. The molecule has 2 aliphatic heterocycles. The van der Waals surface area contributed by atoms with Gasteiger partial charge in [0.05, 0.1) is 17.6 Å². The predicted molar refractivity (Wildman–Crippen MR) is 133 cm³/mol. The molecular weight excluding hydrogens is 507 g/mol. The Balaban J connectivity index is 0.00000272. The molecule has 170 valence electrons. The number of hydrogen-bond acceptors (Lipinski definition) is 4. The molecule has 2 aromatic rings.